The van der Waals surface area contributed by atoms with Crippen LogP contribution in [0.3, 0.4) is 0 Å². The van der Waals surface area contributed by atoms with Crippen molar-refractivity contribution in [1.29, 1.82) is 5.26 Å². The zero-order chi connectivity index (χ0) is 20.3. The Morgan fingerprint density at radius 1 is 1.11 bits per heavy atom. The molecule has 0 saturated heterocycles. The summed E-state index contributed by atoms with van der Waals surface area (Å²) < 4.78 is 50.4. The number of hydrogen-bond acceptors (Lipinski definition) is 4. The van der Waals surface area contributed by atoms with Gasteiger partial charge >= 0.3 is 12.1 Å². The minimum atomic E-state index is -4.87. The minimum absolute atomic E-state index is 0.00993. The quantitative estimate of drug-likeness (QED) is 0.578. The molecule has 4 nitrogen and oxygen atoms in total. The molecule has 142 valence electrons. The van der Waals surface area contributed by atoms with Gasteiger partial charge in [-0.3, -0.25) is 0 Å². The molecule has 7 heteroatoms. The van der Waals surface area contributed by atoms with Crippen LogP contribution in [-0.4, -0.2) is 13.1 Å². The molecule has 1 heterocycles. The fraction of sp³-hybridized carbons (Fsp3) is 0.143. The highest BCUT2D eigenvalue weighted by Gasteiger charge is 2.43. The van der Waals surface area contributed by atoms with Crippen molar-refractivity contribution in [3.8, 4) is 17.2 Å². The molecule has 0 radical (unpaired) electrons. The standard InChI is InChI=1S/C21H14F3NO3/c1-27-20(26)18-17(15-5-3-2-4-6-15)16(28-19(18)21(22,23)24)11-13-7-9-14(12-25)10-8-13/h2-10H,11H2,1H3. The first-order valence-corrected chi connectivity index (χ1v) is 8.20. The minimum Gasteiger partial charge on any atom is -0.465 e. The molecule has 3 rings (SSSR count). The van der Waals surface area contributed by atoms with Crippen LogP contribution in [0, 0.1) is 11.3 Å². The van der Waals surface area contributed by atoms with Crippen molar-refractivity contribution in [2.24, 2.45) is 0 Å². The Bertz CT molecular complexity index is 1030. The van der Waals surface area contributed by atoms with Gasteiger partial charge in [-0.15, -0.1) is 0 Å². The van der Waals surface area contributed by atoms with E-state index in [1.165, 1.54) is 0 Å². The number of rotatable bonds is 4. The van der Waals surface area contributed by atoms with Crippen LogP contribution in [0.2, 0.25) is 0 Å². The van der Waals surface area contributed by atoms with Gasteiger partial charge in [0.25, 0.3) is 0 Å². The maximum atomic E-state index is 13.6. The molecule has 0 aliphatic rings. The number of furan rings is 1. The van der Waals surface area contributed by atoms with Crippen LogP contribution in [0.5, 0.6) is 0 Å². The van der Waals surface area contributed by atoms with Gasteiger partial charge in [0.05, 0.1) is 18.7 Å². The molecule has 0 aliphatic heterocycles. The molecule has 2 aromatic carbocycles. The molecule has 0 N–H and O–H groups in total. The van der Waals surface area contributed by atoms with Crippen molar-refractivity contribution in [3.05, 3.63) is 82.8 Å². The molecule has 3 aromatic rings. The van der Waals surface area contributed by atoms with Crippen LogP contribution in [-0.2, 0) is 17.3 Å². The van der Waals surface area contributed by atoms with E-state index >= 15 is 0 Å². The number of ether oxygens (including phenoxy) is 1. The molecule has 1 aromatic heterocycles. The van der Waals surface area contributed by atoms with Gasteiger partial charge in [0, 0.05) is 12.0 Å². The second kappa shape index (κ2) is 7.61. The number of nitrogens with zero attached hydrogens (tertiary/aromatic N) is 1. The number of nitriles is 1. The zero-order valence-corrected chi connectivity index (χ0v) is 14.7. The van der Waals surface area contributed by atoms with E-state index in [-0.39, 0.29) is 17.7 Å². The summed E-state index contributed by atoms with van der Waals surface area (Å²) in [4.78, 5) is 12.2. The van der Waals surface area contributed by atoms with Crippen LogP contribution < -0.4 is 0 Å². The number of alkyl halides is 3. The fourth-order valence-corrected chi connectivity index (χ4v) is 2.89. The monoisotopic (exact) mass is 385 g/mol. The maximum Gasteiger partial charge on any atom is 0.450 e. The topological polar surface area (TPSA) is 63.2 Å². The average molecular weight is 385 g/mol. The lowest BCUT2D eigenvalue weighted by Crippen LogP contribution is -2.12. The predicted molar refractivity (Wildman–Crippen MR) is 94.4 cm³/mol. The number of halogens is 3. The molecule has 28 heavy (non-hydrogen) atoms. The second-order valence-electron chi connectivity index (χ2n) is 5.95. The van der Waals surface area contributed by atoms with Crippen molar-refractivity contribution in [2.45, 2.75) is 12.6 Å². The van der Waals surface area contributed by atoms with E-state index in [0.717, 1.165) is 7.11 Å². The first-order valence-electron chi connectivity index (χ1n) is 8.20. The van der Waals surface area contributed by atoms with Gasteiger partial charge in [-0.2, -0.15) is 18.4 Å². The number of benzene rings is 2. The lowest BCUT2D eigenvalue weighted by atomic mass is 9.97. The number of hydrogen-bond donors (Lipinski definition) is 0. The van der Waals surface area contributed by atoms with Gasteiger partial charge in [-0.25, -0.2) is 4.79 Å². The largest absolute Gasteiger partial charge is 0.465 e. The molecule has 0 amide bonds. The van der Waals surface area contributed by atoms with Crippen molar-refractivity contribution < 1.29 is 27.1 Å². The van der Waals surface area contributed by atoms with E-state index in [4.69, 9.17) is 9.68 Å². The predicted octanol–water partition coefficient (Wildman–Crippen LogP) is 5.21. The van der Waals surface area contributed by atoms with Crippen molar-refractivity contribution in [2.75, 3.05) is 7.11 Å². The van der Waals surface area contributed by atoms with E-state index in [9.17, 15) is 18.0 Å². The van der Waals surface area contributed by atoms with Crippen molar-refractivity contribution >= 4 is 5.97 Å². The molecule has 0 spiro atoms. The molecular formula is C21H14F3NO3. The van der Waals surface area contributed by atoms with E-state index in [0.29, 0.717) is 16.7 Å². The third-order valence-electron chi connectivity index (χ3n) is 4.14. The Hall–Kier alpha value is -3.53. The third-order valence-corrected chi connectivity index (χ3v) is 4.14. The second-order valence-corrected chi connectivity index (χ2v) is 5.95. The third kappa shape index (κ3) is 3.76. The van der Waals surface area contributed by atoms with Crippen LogP contribution >= 0.6 is 0 Å². The number of carbonyl (C=O) groups excluding carboxylic acids is 1. The Balaban J connectivity index is 2.21. The normalized spacial score (nSPS) is 11.1. The Morgan fingerprint density at radius 2 is 1.75 bits per heavy atom. The molecular weight excluding hydrogens is 371 g/mol. The molecule has 0 atom stereocenters. The van der Waals surface area contributed by atoms with Gasteiger partial charge in [0.1, 0.15) is 11.3 Å². The van der Waals surface area contributed by atoms with Gasteiger partial charge < -0.3 is 9.15 Å². The molecule has 0 aliphatic carbocycles. The maximum absolute atomic E-state index is 13.6. The summed E-state index contributed by atoms with van der Waals surface area (Å²) in [5.41, 5.74) is 0.868. The van der Waals surface area contributed by atoms with Gasteiger partial charge in [-0.1, -0.05) is 42.5 Å². The van der Waals surface area contributed by atoms with Gasteiger partial charge in [0.2, 0.25) is 5.76 Å². The first-order chi connectivity index (χ1) is 13.3. The SMILES string of the molecule is COC(=O)c1c(C(F)(F)F)oc(Cc2ccc(C#N)cc2)c1-c1ccccc1. The van der Waals surface area contributed by atoms with Crippen LogP contribution in [0.25, 0.3) is 11.1 Å². The summed E-state index contributed by atoms with van der Waals surface area (Å²) in [6.45, 7) is 0. The number of esters is 1. The Kier molecular flexibility index (Phi) is 5.23. The number of methoxy groups -OCH3 is 1. The van der Waals surface area contributed by atoms with Gasteiger partial charge in [0.15, 0.2) is 0 Å². The summed E-state index contributed by atoms with van der Waals surface area (Å²) in [6, 6.07) is 16.6. The van der Waals surface area contributed by atoms with Gasteiger partial charge in [-0.05, 0) is 23.3 Å². The highest BCUT2D eigenvalue weighted by Crippen LogP contribution is 2.42. The van der Waals surface area contributed by atoms with Crippen LogP contribution in [0.15, 0.2) is 59.0 Å². The summed E-state index contributed by atoms with van der Waals surface area (Å²) >= 11 is 0. The Morgan fingerprint density at radius 3 is 2.29 bits per heavy atom. The summed E-state index contributed by atoms with van der Waals surface area (Å²) in [5.74, 6) is -2.52. The molecule has 0 saturated carbocycles. The van der Waals surface area contributed by atoms with E-state index in [2.05, 4.69) is 4.74 Å². The lowest BCUT2D eigenvalue weighted by Gasteiger charge is -2.07. The van der Waals surface area contributed by atoms with Crippen molar-refractivity contribution in [1.82, 2.24) is 0 Å². The Labute approximate surface area is 158 Å². The molecule has 0 fully saturated rings. The summed E-state index contributed by atoms with van der Waals surface area (Å²) in [6.07, 6.45) is -4.86. The molecule has 0 unspecified atom stereocenters. The highest BCUT2D eigenvalue weighted by molar-refractivity contribution is 5.99. The average Bonchev–Trinajstić information content (AvgIpc) is 3.08. The van der Waals surface area contributed by atoms with Crippen LogP contribution in [0.1, 0.15) is 33.0 Å². The molecule has 0 bridgehead atoms. The van der Waals surface area contributed by atoms with Crippen molar-refractivity contribution in [3.63, 3.8) is 0 Å². The highest BCUT2D eigenvalue weighted by atomic mass is 19.4. The first kappa shape index (κ1) is 19.2. The lowest BCUT2D eigenvalue weighted by molar-refractivity contribution is -0.153. The zero-order valence-electron chi connectivity index (χ0n) is 14.7. The van der Waals surface area contributed by atoms with Crippen LogP contribution in [0.4, 0.5) is 13.2 Å². The number of carbonyl (C=O) groups is 1. The summed E-state index contributed by atoms with van der Waals surface area (Å²) in [5, 5.41) is 8.88. The fourth-order valence-electron chi connectivity index (χ4n) is 2.89. The van der Waals surface area contributed by atoms with E-state index in [1.807, 2.05) is 6.07 Å². The summed E-state index contributed by atoms with van der Waals surface area (Å²) in [7, 11) is 1.02. The van der Waals surface area contributed by atoms with E-state index < -0.39 is 23.5 Å². The smallest absolute Gasteiger partial charge is 0.450 e. The van der Waals surface area contributed by atoms with E-state index in [1.54, 1.807) is 54.6 Å².